The summed E-state index contributed by atoms with van der Waals surface area (Å²) in [4.78, 5) is 23.7. The Labute approximate surface area is 147 Å². The summed E-state index contributed by atoms with van der Waals surface area (Å²) in [6.07, 6.45) is 8.72. The van der Waals surface area contributed by atoms with Gasteiger partial charge >= 0.3 is 0 Å². The number of piperidine rings is 2. The molecule has 2 saturated heterocycles. The number of H-pyrrole nitrogens is 1. The van der Waals surface area contributed by atoms with Crippen molar-refractivity contribution in [1.29, 1.82) is 0 Å². The molecule has 2 fully saturated rings. The van der Waals surface area contributed by atoms with E-state index in [4.69, 9.17) is 0 Å². The van der Waals surface area contributed by atoms with Crippen LogP contribution in [-0.4, -0.2) is 44.2 Å². The number of nitrogens with one attached hydrogen (secondary N) is 2. The highest BCUT2D eigenvalue weighted by atomic mass is 16.1. The van der Waals surface area contributed by atoms with E-state index in [0.717, 1.165) is 42.9 Å². The zero-order chi connectivity index (χ0) is 17.4. The topological polar surface area (TPSA) is 86.8 Å². The van der Waals surface area contributed by atoms with Crippen LogP contribution in [0.25, 0.3) is 0 Å². The molecule has 2 aromatic rings. The third kappa shape index (κ3) is 3.10. The smallest absolute Gasteiger partial charge is 0.254 e. The van der Waals surface area contributed by atoms with Crippen LogP contribution in [0.1, 0.15) is 53.8 Å². The molecule has 0 aromatic carbocycles. The summed E-state index contributed by atoms with van der Waals surface area (Å²) >= 11 is 0. The van der Waals surface area contributed by atoms with Gasteiger partial charge in [-0.1, -0.05) is 0 Å². The lowest BCUT2D eigenvalue weighted by Crippen LogP contribution is -2.57. The minimum Gasteiger partial charge on any atom is -0.350 e. The second-order valence-electron chi connectivity index (χ2n) is 7.21. The average molecular weight is 340 g/mol. The second kappa shape index (κ2) is 6.46. The van der Waals surface area contributed by atoms with Crippen molar-refractivity contribution < 1.29 is 4.79 Å². The predicted octanol–water partition coefficient (Wildman–Crippen LogP) is 2.14. The van der Waals surface area contributed by atoms with Crippen LogP contribution in [-0.2, 0) is 0 Å². The van der Waals surface area contributed by atoms with Gasteiger partial charge in [-0.3, -0.25) is 9.89 Å². The number of hydrogen-bond acceptors (Lipinski definition) is 5. The van der Waals surface area contributed by atoms with Crippen LogP contribution in [0.3, 0.4) is 0 Å². The van der Waals surface area contributed by atoms with E-state index in [0.29, 0.717) is 17.6 Å². The normalized spacial score (nSPS) is 25.7. The van der Waals surface area contributed by atoms with Gasteiger partial charge in [0.1, 0.15) is 12.1 Å². The molecule has 7 heteroatoms. The Balaban J connectivity index is 1.49. The molecule has 0 radical (unpaired) electrons. The Hall–Kier alpha value is -2.44. The van der Waals surface area contributed by atoms with Gasteiger partial charge in [0.15, 0.2) is 0 Å². The summed E-state index contributed by atoms with van der Waals surface area (Å²) in [6, 6.07) is 3.13. The number of aryl methyl sites for hydroxylation is 2. The van der Waals surface area contributed by atoms with E-state index < -0.39 is 0 Å². The Morgan fingerprint density at radius 3 is 2.64 bits per heavy atom. The van der Waals surface area contributed by atoms with Crippen molar-refractivity contribution in [2.75, 3.05) is 4.90 Å². The molecule has 0 spiro atoms. The summed E-state index contributed by atoms with van der Waals surface area (Å²) in [7, 11) is 0. The summed E-state index contributed by atoms with van der Waals surface area (Å²) in [5.41, 5.74) is 2.44. The molecule has 2 aliphatic heterocycles. The van der Waals surface area contributed by atoms with Crippen LogP contribution in [0.4, 0.5) is 5.82 Å². The first-order valence-electron chi connectivity index (χ1n) is 8.99. The monoisotopic (exact) mass is 340 g/mol. The molecule has 2 unspecified atom stereocenters. The Morgan fingerprint density at radius 2 is 2.00 bits per heavy atom. The summed E-state index contributed by atoms with van der Waals surface area (Å²) in [6.45, 7) is 3.87. The molecule has 0 saturated carbocycles. The number of nitrogens with zero attached hydrogens (tertiary/aromatic N) is 4. The van der Waals surface area contributed by atoms with Crippen LogP contribution in [0, 0.1) is 13.8 Å². The Bertz CT molecular complexity index is 758. The number of hydrogen-bond donors (Lipinski definition) is 2. The number of amides is 1. The number of rotatable bonds is 3. The van der Waals surface area contributed by atoms with Gasteiger partial charge in [-0.25, -0.2) is 9.97 Å². The van der Waals surface area contributed by atoms with E-state index in [9.17, 15) is 4.79 Å². The molecule has 2 bridgehead atoms. The second-order valence-corrected chi connectivity index (χ2v) is 7.21. The van der Waals surface area contributed by atoms with Crippen molar-refractivity contribution in [2.45, 2.75) is 64.1 Å². The van der Waals surface area contributed by atoms with Crippen molar-refractivity contribution in [3.05, 3.63) is 35.5 Å². The number of aromatic amines is 1. The molecule has 25 heavy (non-hydrogen) atoms. The Morgan fingerprint density at radius 1 is 1.24 bits per heavy atom. The quantitative estimate of drug-likeness (QED) is 0.894. The summed E-state index contributed by atoms with van der Waals surface area (Å²) in [5.74, 6) is 0.998. The number of aromatic nitrogens is 4. The van der Waals surface area contributed by atoms with Crippen molar-refractivity contribution in [3.63, 3.8) is 0 Å². The lowest BCUT2D eigenvalue weighted by Gasteiger charge is -2.49. The van der Waals surface area contributed by atoms with Gasteiger partial charge in [0.25, 0.3) is 5.91 Å². The highest BCUT2D eigenvalue weighted by molar-refractivity contribution is 5.95. The molecule has 4 heterocycles. The number of carbonyl (C=O) groups is 1. The van der Waals surface area contributed by atoms with Gasteiger partial charge in [0.05, 0.1) is 11.8 Å². The fourth-order valence-electron chi connectivity index (χ4n) is 4.30. The zero-order valence-corrected chi connectivity index (χ0v) is 14.7. The molecule has 132 valence electrons. The minimum atomic E-state index is -0.0272. The van der Waals surface area contributed by atoms with Crippen LogP contribution in [0.5, 0.6) is 0 Å². The maximum atomic E-state index is 12.5. The number of fused-ring (bicyclic) bond motifs is 2. The fraction of sp³-hybridized carbons (Fsp3) is 0.556. The van der Waals surface area contributed by atoms with Gasteiger partial charge in [0.2, 0.25) is 0 Å². The van der Waals surface area contributed by atoms with E-state index >= 15 is 0 Å². The third-order valence-corrected chi connectivity index (χ3v) is 5.44. The SMILES string of the molecule is Cc1cc(N2C3CCCC2CC(NC(=O)c2cn[nH]c2C)C3)ncn1. The lowest BCUT2D eigenvalue weighted by molar-refractivity contribution is 0.0916. The fourth-order valence-corrected chi connectivity index (χ4v) is 4.30. The van der Waals surface area contributed by atoms with Crippen molar-refractivity contribution in [1.82, 2.24) is 25.5 Å². The van der Waals surface area contributed by atoms with Crippen LogP contribution < -0.4 is 10.2 Å². The molecule has 2 atom stereocenters. The first kappa shape index (κ1) is 16.1. The lowest BCUT2D eigenvalue weighted by atomic mass is 9.81. The molecule has 4 rings (SSSR count). The highest BCUT2D eigenvalue weighted by Crippen LogP contribution is 2.37. The van der Waals surface area contributed by atoms with Gasteiger partial charge in [-0.05, 0) is 46.0 Å². The molecular weight excluding hydrogens is 316 g/mol. The third-order valence-electron chi connectivity index (χ3n) is 5.44. The van der Waals surface area contributed by atoms with E-state index in [-0.39, 0.29) is 11.9 Å². The van der Waals surface area contributed by atoms with E-state index in [1.165, 1.54) is 6.42 Å². The molecular formula is C18H24N6O. The van der Waals surface area contributed by atoms with Gasteiger partial charge in [-0.15, -0.1) is 0 Å². The number of carbonyl (C=O) groups excluding carboxylic acids is 1. The maximum Gasteiger partial charge on any atom is 0.254 e. The number of anilines is 1. The first-order valence-corrected chi connectivity index (χ1v) is 8.99. The highest BCUT2D eigenvalue weighted by Gasteiger charge is 2.39. The van der Waals surface area contributed by atoms with Crippen LogP contribution in [0.2, 0.25) is 0 Å². The van der Waals surface area contributed by atoms with Crippen LogP contribution >= 0.6 is 0 Å². The summed E-state index contributed by atoms with van der Waals surface area (Å²) < 4.78 is 0. The van der Waals surface area contributed by atoms with Crippen molar-refractivity contribution in [3.8, 4) is 0 Å². The first-order chi connectivity index (χ1) is 12.1. The average Bonchev–Trinajstić information content (AvgIpc) is 3.00. The van der Waals surface area contributed by atoms with E-state index in [1.54, 1.807) is 12.5 Å². The summed E-state index contributed by atoms with van der Waals surface area (Å²) in [5, 5.41) is 9.99. The molecule has 2 aromatic heterocycles. The predicted molar refractivity (Wildman–Crippen MR) is 94.5 cm³/mol. The van der Waals surface area contributed by atoms with E-state index in [1.807, 2.05) is 13.8 Å². The molecule has 7 nitrogen and oxygen atoms in total. The molecule has 2 aliphatic rings. The molecule has 0 aliphatic carbocycles. The molecule has 1 amide bonds. The van der Waals surface area contributed by atoms with Gasteiger partial charge in [0, 0.05) is 35.6 Å². The van der Waals surface area contributed by atoms with Crippen molar-refractivity contribution in [2.24, 2.45) is 0 Å². The van der Waals surface area contributed by atoms with Crippen LogP contribution in [0.15, 0.2) is 18.6 Å². The van der Waals surface area contributed by atoms with Crippen molar-refractivity contribution >= 4 is 11.7 Å². The minimum absolute atomic E-state index is 0.0272. The Kier molecular flexibility index (Phi) is 4.15. The van der Waals surface area contributed by atoms with E-state index in [2.05, 4.69) is 36.4 Å². The molecule has 2 N–H and O–H groups in total. The standard InChI is InChI=1S/C18H24N6O/c1-11-6-17(20-10-19-11)24-14-4-3-5-15(24)8-13(7-14)22-18(25)16-9-21-23-12(16)2/h6,9-10,13-15H,3-5,7-8H2,1-2H3,(H,21,23)(H,22,25). The maximum absolute atomic E-state index is 12.5. The zero-order valence-electron chi connectivity index (χ0n) is 14.7. The van der Waals surface area contributed by atoms with Gasteiger partial charge < -0.3 is 10.2 Å². The largest absolute Gasteiger partial charge is 0.350 e. The van der Waals surface area contributed by atoms with Gasteiger partial charge in [-0.2, -0.15) is 5.10 Å².